The number of carbonyl (C=O) groups excluding carboxylic acids is 2. The molecule has 6 rings (SSSR count). The lowest BCUT2D eigenvalue weighted by atomic mass is 10.1. The SMILES string of the molecule is Cc1ccc2c(c1)c1nnc(SCC(=O)N3CCN(C(=O)c4cc([N+](=O)[O-])cc([N+](=O)[O-])c4)C(C)C3)nc1n2Cc1ccccc1. The minimum atomic E-state index is -0.776. The van der Waals surface area contributed by atoms with Gasteiger partial charge in [-0.3, -0.25) is 29.8 Å². The van der Waals surface area contributed by atoms with E-state index in [-0.39, 0.29) is 36.9 Å². The lowest BCUT2D eigenvalue weighted by Crippen LogP contribution is -2.55. The summed E-state index contributed by atoms with van der Waals surface area (Å²) < 4.78 is 2.11. The largest absolute Gasteiger partial charge is 0.338 e. The van der Waals surface area contributed by atoms with Crippen LogP contribution in [0.3, 0.4) is 0 Å². The highest BCUT2D eigenvalue weighted by Crippen LogP contribution is 2.30. The maximum atomic E-state index is 13.2. The average molecular weight is 641 g/mol. The standard InChI is InChI=1S/C31H28N8O6S/c1-19-8-9-26-25(12-19)28-29(37(26)17-21-6-4-3-5-7-21)32-31(34-33-28)46-18-27(40)35-10-11-36(20(2)16-35)30(41)22-13-23(38(42)43)15-24(14-22)39(44)45/h3-9,12-15,20H,10-11,16-18H2,1-2H3. The molecule has 14 nitrogen and oxygen atoms in total. The molecule has 234 valence electrons. The monoisotopic (exact) mass is 640 g/mol. The van der Waals surface area contributed by atoms with Crippen LogP contribution < -0.4 is 0 Å². The van der Waals surface area contributed by atoms with Crippen molar-refractivity contribution in [2.24, 2.45) is 0 Å². The molecule has 1 aliphatic heterocycles. The third-order valence-corrected chi connectivity index (χ3v) is 8.75. The number of carbonyl (C=O) groups is 2. The lowest BCUT2D eigenvalue weighted by Gasteiger charge is -2.39. The minimum absolute atomic E-state index is 0.0585. The van der Waals surface area contributed by atoms with E-state index in [9.17, 15) is 29.8 Å². The van der Waals surface area contributed by atoms with Crippen LogP contribution in [0.4, 0.5) is 11.4 Å². The predicted octanol–water partition coefficient (Wildman–Crippen LogP) is 4.62. The van der Waals surface area contributed by atoms with Crippen LogP contribution in [0, 0.1) is 27.2 Å². The first-order valence-corrected chi connectivity index (χ1v) is 15.4. The molecule has 1 aliphatic rings. The van der Waals surface area contributed by atoms with Crippen LogP contribution in [0.1, 0.15) is 28.4 Å². The summed E-state index contributed by atoms with van der Waals surface area (Å²) in [4.78, 5) is 55.4. The van der Waals surface area contributed by atoms with Crippen LogP contribution in [0.15, 0.2) is 71.9 Å². The summed E-state index contributed by atoms with van der Waals surface area (Å²) in [6.45, 7) is 4.99. The number of rotatable bonds is 8. The van der Waals surface area contributed by atoms with Crippen molar-refractivity contribution in [3.8, 4) is 0 Å². The van der Waals surface area contributed by atoms with Gasteiger partial charge >= 0.3 is 0 Å². The highest BCUT2D eigenvalue weighted by atomic mass is 32.2. The van der Waals surface area contributed by atoms with E-state index in [0.29, 0.717) is 22.9 Å². The quantitative estimate of drug-likeness (QED) is 0.132. The fraction of sp³-hybridized carbons (Fsp3) is 0.258. The molecular weight excluding hydrogens is 612 g/mol. The van der Waals surface area contributed by atoms with E-state index in [1.807, 2.05) is 31.2 Å². The number of hydrogen-bond donors (Lipinski definition) is 0. The van der Waals surface area contributed by atoms with Crippen molar-refractivity contribution in [2.45, 2.75) is 31.6 Å². The molecule has 0 bridgehead atoms. The predicted molar refractivity (Wildman–Crippen MR) is 171 cm³/mol. The molecule has 3 aromatic carbocycles. The van der Waals surface area contributed by atoms with Gasteiger partial charge in [0, 0.05) is 49.7 Å². The highest BCUT2D eigenvalue weighted by Gasteiger charge is 2.32. The topological polar surface area (TPSA) is 171 Å². The average Bonchev–Trinajstić information content (AvgIpc) is 3.34. The Bertz CT molecular complexity index is 1990. The molecule has 3 heterocycles. The molecule has 5 aromatic rings. The third kappa shape index (κ3) is 6.08. The van der Waals surface area contributed by atoms with Gasteiger partial charge in [0.05, 0.1) is 32.7 Å². The van der Waals surface area contributed by atoms with Crippen molar-refractivity contribution >= 4 is 57.0 Å². The number of fused-ring (bicyclic) bond motifs is 3. The molecule has 0 spiro atoms. The smallest absolute Gasteiger partial charge is 0.277 e. The van der Waals surface area contributed by atoms with Crippen molar-refractivity contribution in [1.82, 2.24) is 29.5 Å². The van der Waals surface area contributed by atoms with Crippen LogP contribution in [-0.2, 0) is 11.3 Å². The molecule has 46 heavy (non-hydrogen) atoms. The molecule has 15 heteroatoms. The fourth-order valence-electron chi connectivity index (χ4n) is 5.64. The van der Waals surface area contributed by atoms with Crippen LogP contribution >= 0.6 is 11.8 Å². The first-order valence-electron chi connectivity index (χ1n) is 14.4. The molecular formula is C31H28N8O6S. The van der Waals surface area contributed by atoms with Crippen LogP contribution in [0.2, 0.25) is 0 Å². The van der Waals surface area contributed by atoms with Crippen molar-refractivity contribution in [2.75, 3.05) is 25.4 Å². The van der Waals surface area contributed by atoms with Gasteiger partial charge in [-0.05, 0) is 31.5 Å². The molecule has 2 amide bonds. The van der Waals surface area contributed by atoms with E-state index >= 15 is 0 Å². The summed E-state index contributed by atoms with van der Waals surface area (Å²) >= 11 is 1.18. The molecule has 0 saturated carbocycles. The zero-order valence-corrected chi connectivity index (χ0v) is 25.7. The Morgan fingerprint density at radius 2 is 1.67 bits per heavy atom. The first kappa shape index (κ1) is 30.6. The van der Waals surface area contributed by atoms with Crippen molar-refractivity contribution in [3.63, 3.8) is 0 Å². The van der Waals surface area contributed by atoms with E-state index in [1.165, 1.54) is 16.7 Å². The third-order valence-electron chi connectivity index (χ3n) is 7.92. The second-order valence-electron chi connectivity index (χ2n) is 11.1. The van der Waals surface area contributed by atoms with Crippen LogP contribution in [0.5, 0.6) is 0 Å². The molecule has 0 aliphatic carbocycles. The summed E-state index contributed by atoms with van der Waals surface area (Å²) in [5, 5.41) is 32.7. The number of amides is 2. The van der Waals surface area contributed by atoms with E-state index in [4.69, 9.17) is 4.98 Å². The molecule has 1 fully saturated rings. The second-order valence-corrected chi connectivity index (χ2v) is 12.0. The summed E-state index contributed by atoms with van der Waals surface area (Å²) in [5.41, 5.74) is 3.34. The van der Waals surface area contributed by atoms with Gasteiger partial charge < -0.3 is 14.4 Å². The number of piperazine rings is 1. The van der Waals surface area contributed by atoms with Gasteiger partial charge in [-0.15, -0.1) is 10.2 Å². The Hall–Kier alpha value is -5.44. The minimum Gasteiger partial charge on any atom is -0.338 e. The van der Waals surface area contributed by atoms with E-state index in [0.717, 1.165) is 40.2 Å². The van der Waals surface area contributed by atoms with E-state index in [1.54, 1.807) is 11.8 Å². The van der Waals surface area contributed by atoms with Crippen LogP contribution in [-0.4, -0.2) is 82.6 Å². The Morgan fingerprint density at radius 1 is 0.957 bits per heavy atom. The van der Waals surface area contributed by atoms with Crippen molar-refractivity contribution < 1.29 is 19.4 Å². The maximum Gasteiger partial charge on any atom is 0.277 e. The Kier molecular flexibility index (Phi) is 8.32. The molecule has 2 aromatic heterocycles. The molecule has 0 radical (unpaired) electrons. The Balaban J connectivity index is 1.15. The van der Waals surface area contributed by atoms with E-state index < -0.39 is 33.2 Å². The van der Waals surface area contributed by atoms with Gasteiger partial charge in [0.25, 0.3) is 17.3 Å². The van der Waals surface area contributed by atoms with Gasteiger partial charge in [0.15, 0.2) is 5.65 Å². The lowest BCUT2D eigenvalue weighted by molar-refractivity contribution is -0.394. The van der Waals surface area contributed by atoms with Crippen molar-refractivity contribution in [1.29, 1.82) is 0 Å². The molecule has 1 saturated heterocycles. The number of nitro benzene ring substituents is 2. The Morgan fingerprint density at radius 3 is 2.35 bits per heavy atom. The highest BCUT2D eigenvalue weighted by molar-refractivity contribution is 7.99. The summed E-state index contributed by atoms with van der Waals surface area (Å²) in [6, 6.07) is 18.7. The number of hydrogen-bond acceptors (Lipinski definition) is 10. The van der Waals surface area contributed by atoms with Crippen LogP contribution in [0.25, 0.3) is 22.1 Å². The van der Waals surface area contributed by atoms with Gasteiger partial charge in [-0.2, -0.15) is 0 Å². The number of nitrogens with zero attached hydrogens (tertiary/aromatic N) is 8. The molecule has 0 N–H and O–H groups in total. The number of nitro groups is 2. The molecule has 1 unspecified atom stereocenters. The Labute approximate surface area is 266 Å². The number of thioether (sulfide) groups is 1. The second kappa shape index (κ2) is 12.5. The van der Waals surface area contributed by atoms with Gasteiger partial charge in [-0.25, -0.2) is 4.98 Å². The normalized spacial score (nSPS) is 15.0. The maximum absolute atomic E-state index is 13.2. The first-order chi connectivity index (χ1) is 22.1. The zero-order chi connectivity index (χ0) is 32.5. The summed E-state index contributed by atoms with van der Waals surface area (Å²) in [6.07, 6.45) is 0. The number of aromatic nitrogens is 4. The van der Waals surface area contributed by atoms with Gasteiger partial charge in [-0.1, -0.05) is 53.7 Å². The number of aryl methyl sites for hydroxylation is 1. The van der Waals surface area contributed by atoms with E-state index in [2.05, 4.69) is 39.0 Å². The van der Waals surface area contributed by atoms with Gasteiger partial charge in [0.2, 0.25) is 11.1 Å². The zero-order valence-electron chi connectivity index (χ0n) is 24.9. The van der Waals surface area contributed by atoms with Crippen molar-refractivity contribution in [3.05, 3.63) is 104 Å². The summed E-state index contributed by atoms with van der Waals surface area (Å²) in [7, 11) is 0. The summed E-state index contributed by atoms with van der Waals surface area (Å²) in [5.74, 6) is -0.683. The molecule has 1 atom stereocenters. The number of benzene rings is 3. The fourth-order valence-corrected chi connectivity index (χ4v) is 6.33. The number of non-ortho nitro benzene ring substituents is 2. The van der Waals surface area contributed by atoms with Gasteiger partial charge in [0.1, 0.15) is 5.52 Å².